The summed E-state index contributed by atoms with van der Waals surface area (Å²) in [6.45, 7) is 4.13. The number of nitrogens with zero attached hydrogens (tertiary/aromatic N) is 2. The van der Waals surface area contributed by atoms with Crippen LogP contribution in [-0.4, -0.2) is 18.6 Å². The Bertz CT molecular complexity index is 743. The number of hydrogen-bond acceptors (Lipinski definition) is 6. The summed E-state index contributed by atoms with van der Waals surface area (Å²) in [4.78, 5) is 0.0197. The van der Waals surface area contributed by atoms with Crippen molar-refractivity contribution >= 4 is 48.1 Å². The van der Waals surface area contributed by atoms with Crippen LogP contribution in [0.25, 0.3) is 0 Å². The lowest BCUT2D eigenvalue weighted by Gasteiger charge is -2.07. The highest BCUT2D eigenvalue weighted by molar-refractivity contribution is 9.10. The molecular weight excluding hydrogens is 376 g/mol. The molecule has 0 amide bonds. The molecule has 21 heavy (non-hydrogen) atoms. The topological polar surface area (TPSA) is 98.0 Å². The second-order valence-corrected chi connectivity index (χ2v) is 8.52. The molecular formula is C12H15BrN4O2S2. The van der Waals surface area contributed by atoms with Crippen LogP contribution in [0.4, 0.5) is 10.8 Å². The molecule has 0 fully saturated rings. The molecule has 0 aliphatic carbocycles. The van der Waals surface area contributed by atoms with Crippen molar-refractivity contribution in [2.45, 2.75) is 25.2 Å². The zero-order chi connectivity index (χ0) is 15.6. The van der Waals surface area contributed by atoms with E-state index in [1.165, 1.54) is 17.4 Å². The summed E-state index contributed by atoms with van der Waals surface area (Å²) < 4.78 is 27.7. The Hall–Kier alpha value is -1.19. The van der Waals surface area contributed by atoms with E-state index in [1.807, 2.05) is 0 Å². The first-order valence-electron chi connectivity index (χ1n) is 6.18. The van der Waals surface area contributed by atoms with Gasteiger partial charge in [-0.15, -0.1) is 10.2 Å². The molecule has 2 aromatic rings. The van der Waals surface area contributed by atoms with Crippen molar-refractivity contribution in [1.82, 2.24) is 10.2 Å². The van der Waals surface area contributed by atoms with E-state index >= 15 is 0 Å². The van der Waals surface area contributed by atoms with Gasteiger partial charge in [-0.1, -0.05) is 41.1 Å². The molecule has 0 aliphatic rings. The third kappa shape index (κ3) is 4.14. The largest absolute Gasteiger partial charge is 0.398 e. The average molecular weight is 391 g/mol. The molecule has 114 valence electrons. The third-order valence-corrected chi connectivity index (χ3v) is 5.43. The Balaban J connectivity index is 2.23. The van der Waals surface area contributed by atoms with Gasteiger partial charge in [-0.2, -0.15) is 0 Å². The van der Waals surface area contributed by atoms with Gasteiger partial charge in [0.05, 0.1) is 5.69 Å². The van der Waals surface area contributed by atoms with Crippen molar-refractivity contribution < 1.29 is 8.42 Å². The molecule has 0 aliphatic heterocycles. The van der Waals surface area contributed by atoms with E-state index in [9.17, 15) is 8.42 Å². The Kier molecular flexibility index (Phi) is 4.84. The van der Waals surface area contributed by atoms with E-state index in [-0.39, 0.29) is 15.7 Å². The van der Waals surface area contributed by atoms with Crippen molar-refractivity contribution in [2.75, 3.05) is 10.5 Å². The lowest BCUT2D eigenvalue weighted by atomic mass is 10.1. The maximum absolute atomic E-state index is 12.3. The molecule has 0 spiro atoms. The highest BCUT2D eigenvalue weighted by atomic mass is 79.9. The van der Waals surface area contributed by atoms with Crippen molar-refractivity contribution in [3.63, 3.8) is 0 Å². The quantitative estimate of drug-likeness (QED) is 0.764. The predicted octanol–water partition coefficient (Wildman–Crippen LogP) is 2.88. The number of nitrogens with one attached hydrogen (secondary N) is 1. The first-order valence-corrected chi connectivity index (χ1v) is 9.27. The number of anilines is 2. The fourth-order valence-corrected chi connectivity index (χ4v) is 4.34. The standard InChI is InChI=1S/C12H15BrN4O2S2/c1-7(2)5-11-15-16-12(20-11)17-21(18,19)10-4-3-8(13)6-9(10)14/h3-4,6-7H,5,14H2,1-2H3,(H,16,17). The second kappa shape index (κ2) is 6.29. The maximum atomic E-state index is 12.3. The van der Waals surface area contributed by atoms with Crippen molar-refractivity contribution in [2.24, 2.45) is 5.92 Å². The molecule has 0 saturated carbocycles. The summed E-state index contributed by atoms with van der Waals surface area (Å²) >= 11 is 4.47. The molecule has 0 radical (unpaired) electrons. The summed E-state index contributed by atoms with van der Waals surface area (Å²) in [5.74, 6) is 0.435. The van der Waals surface area contributed by atoms with E-state index in [0.29, 0.717) is 10.4 Å². The second-order valence-electron chi connectivity index (χ2n) is 4.89. The smallest absolute Gasteiger partial charge is 0.265 e. The van der Waals surface area contributed by atoms with E-state index < -0.39 is 10.0 Å². The van der Waals surface area contributed by atoms with Gasteiger partial charge in [0.15, 0.2) is 0 Å². The van der Waals surface area contributed by atoms with Gasteiger partial charge in [-0.3, -0.25) is 4.72 Å². The number of halogens is 1. The van der Waals surface area contributed by atoms with Crippen LogP contribution in [0, 0.1) is 5.92 Å². The molecule has 3 N–H and O–H groups in total. The van der Waals surface area contributed by atoms with Gasteiger partial charge in [-0.05, 0) is 24.1 Å². The van der Waals surface area contributed by atoms with Crippen LogP contribution in [0.2, 0.25) is 0 Å². The van der Waals surface area contributed by atoms with Crippen LogP contribution < -0.4 is 10.5 Å². The van der Waals surface area contributed by atoms with Gasteiger partial charge in [0.2, 0.25) is 5.13 Å². The third-order valence-electron chi connectivity index (χ3n) is 2.53. The number of nitrogens with two attached hydrogens (primary N) is 1. The molecule has 1 aromatic carbocycles. The van der Waals surface area contributed by atoms with Gasteiger partial charge in [0.25, 0.3) is 10.0 Å². The molecule has 0 atom stereocenters. The first kappa shape index (κ1) is 16.2. The molecule has 0 bridgehead atoms. The van der Waals surface area contributed by atoms with Crippen LogP contribution >= 0.6 is 27.3 Å². The summed E-state index contributed by atoms with van der Waals surface area (Å²) in [5.41, 5.74) is 5.92. The van der Waals surface area contributed by atoms with E-state index in [0.717, 1.165) is 11.4 Å². The highest BCUT2D eigenvalue weighted by Gasteiger charge is 2.20. The zero-order valence-corrected chi connectivity index (χ0v) is 14.7. The summed E-state index contributed by atoms with van der Waals surface area (Å²) in [6, 6.07) is 4.60. The van der Waals surface area contributed by atoms with Crippen LogP contribution in [0.5, 0.6) is 0 Å². The molecule has 1 aromatic heterocycles. The van der Waals surface area contributed by atoms with Gasteiger partial charge >= 0.3 is 0 Å². The summed E-state index contributed by atoms with van der Waals surface area (Å²) in [5, 5.41) is 8.87. The van der Waals surface area contributed by atoms with Gasteiger partial charge in [-0.25, -0.2) is 8.42 Å². The van der Waals surface area contributed by atoms with Crippen LogP contribution in [0.15, 0.2) is 27.6 Å². The van der Waals surface area contributed by atoms with Crippen molar-refractivity contribution in [3.05, 3.63) is 27.7 Å². The van der Waals surface area contributed by atoms with Crippen LogP contribution in [-0.2, 0) is 16.4 Å². The number of aromatic nitrogens is 2. The fourth-order valence-electron chi connectivity index (χ4n) is 1.66. The Morgan fingerprint density at radius 3 is 2.71 bits per heavy atom. The van der Waals surface area contributed by atoms with E-state index in [1.54, 1.807) is 12.1 Å². The average Bonchev–Trinajstić information content (AvgIpc) is 2.73. The van der Waals surface area contributed by atoms with Crippen molar-refractivity contribution in [3.8, 4) is 0 Å². The Labute approximate surface area is 136 Å². The Morgan fingerprint density at radius 2 is 2.10 bits per heavy atom. The summed E-state index contributed by atoms with van der Waals surface area (Å²) in [6.07, 6.45) is 0.764. The minimum atomic E-state index is -3.76. The first-order chi connectivity index (χ1) is 9.78. The monoisotopic (exact) mass is 390 g/mol. The van der Waals surface area contributed by atoms with Crippen LogP contribution in [0.3, 0.4) is 0 Å². The Morgan fingerprint density at radius 1 is 1.38 bits per heavy atom. The van der Waals surface area contributed by atoms with E-state index in [4.69, 9.17) is 5.73 Å². The molecule has 2 rings (SSSR count). The number of benzene rings is 1. The van der Waals surface area contributed by atoms with Gasteiger partial charge in [0.1, 0.15) is 9.90 Å². The SMILES string of the molecule is CC(C)Cc1nnc(NS(=O)(=O)c2ccc(Br)cc2N)s1. The van der Waals surface area contributed by atoms with Gasteiger partial charge in [0, 0.05) is 10.9 Å². The number of nitrogen functional groups attached to an aromatic ring is 1. The number of hydrogen-bond donors (Lipinski definition) is 2. The van der Waals surface area contributed by atoms with Gasteiger partial charge < -0.3 is 5.73 Å². The molecule has 9 heteroatoms. The fraction of sp³-hybridized carbons (Fsp3) is 0.333. The van der Waals surface area contributed by atoms with Crippen molar-refractivity contribution in [1.29, 1.82) is 0 Å². The normalized spacial score (nSPS) is 11.8. The molecule has 0 saturated heterocycles. The molecule has 6 nitrogen and oxygen atoms in total. The summed E-state index contributed by atoms with van der Waals surface area (Å²) in [7, 11) is -3.76. The zero-order valence-electron chi connectivity index (χ0n) is 11.5. The lowest BCUT2D eigenvalue weighted by molar-refractivity contribution is 0.601. The number of sulfonamides is 1. The number of rotatable bonds is 5. The van der Waals surface area contributed by atoms with E-state index in [2.05, 4.69) is 44.7 Å². The maximum Gasteiger partial charge on any atom is 0.265 e. The molecule has 0 unspecified atom stereocenters. The predicted molar refractivity (Wildman–Crippen MR) is 87.8 cm³/mol. The minimum absolute atomic E-state index is 0.0197. The molecule has 1 heterocycles. The highest BCUT2D eigenvalue weighted by Crippen LogP contribution is 2.26. The minimum Gasteiger partial charge on any atom is -0.398 e. The lowest BCUT2D eigenvalue weighted by Crippen LogP contribution is -2.14. The van der Waals surface area contributed by atoms with Crippen LogP contribution in [0.1, 0.15) is 18.9 Å².